The molecule has 27 heavy (non-hydrogen) atoms. The van der Waals surface area contributed by atoms with Crippen molar-refractivity contribution < 1.29 is 21.0 Å². The summed E-state index contributed by atoms with van der Waals surface area (Å²) < 4.78 is 54.1. The van der Waals surface area contributed by atoms with Crippen molar-refractivity contribution in [2.24, 2.45) is 0 Å². The van der Waals surface area contributed by atoms with E-state index in [2.05, 4.69) is 0 Å². The van der Waals surface area contributed by atoms with Gasteiger partial charge in [0.15, 0.2) is 9.84 Å². The Labute approximate surface area is 161 Å². The maximum atomic E-state index is 12.7. The lowest BCUT2D eigenvalue weighted by Crippen LogP contribution is -2.12. The van der Waals surface area contributed by atoms with Crippen LogP contribution in [0.1, 0.15) is 49.1 Å². The highest BCUT2D eigenvalue weighted by Gasteiger charge is 2.22. The van der Waals surface area contributed by atoms with Crippen LogP contribution in [0.25, 0.3) is 0 Å². The molecule has 0 aliphatic heterocycles. The molecule has 0 N–H and O–H groups in total. The average molecular weight is 409 g/mol. The highest BCUT2D eigenvalue weighted by molar-refractivity contribution is 7.90. The monoisotopic (exact) mass is 408 g/mol. The summed E-state index contributed by atoms with van der Waals surface area (Å²) in [5.74, 6) is 0.747. The molecule has 0 saturated heterocycles. The molecule has 3 rings (SSSR count). The van der Waals surface area contributed by atoms with Crippen LogP contribution in [0.15, 0.2) is 52.3 Å². The van der Waals surface area contributed by atoms with Crippen LogP contribution in [0.2, 0.25) is 0 Å². The Morgan fingerprint density at radius 3 is 2.11 bits per heavy atom. The molecule has 7 heteroatoms. The second-order valence-electron chi connectivity index (χ2n) is 7.14. The molecular formula is C20H24O5S2. The zero-order chi connectivity index (χ0) is 19.7. The highest BCUT2D eigenvalue weighted by Crippen LogP contribution is 2.33. The van der Waals surface area contributed by atoms with E-state index in [1.54, 1.807) is 19.1 Å². The molecule has 1 saturated carbocycles. The summed E-state index contributed by atoms with van der Waals surface area (Å²) >= 11 is 0. The quantitative estimate of drug-likeness (QED) is 0.693. The number of benzene rings is 2. The van der Waals surface area contributed by atoms with Crippen LogP contribution in [0.3, 0.4) is 0 Å². The van der Waals surface area contributed by atoms with Crippen molar-refractivity contribution in [3.8, 4) is 5.75 Å². The molecule has 0 radical (unpaired) electrons. The first-order valence-corrected chi connectivity index (χ1v) is 12.3. The molecule has 0 unspecified atom stereocenters. The Bertz CT molecular complexity index is 1020. The standard InChI is InChI=1S/C20H24O5S2/c1-15-8-13-19(26(2,21)22)14-20(15)27(23,24)25-18-11-9-17(10-12-18)16-6-4-3-5-7-16/h8-14,16H,3-7H2,1-2H3. The second-order valence-corrected chi connectivity index (χ2v) is 10.7. The van der Waals surface area contributed by atoms with Gasteiger partial charge in [0, 0.05) is 6.26 Å². The molecule has 0 amide bonds. The van der Waals surface area contributed by atoms with Crippen molar-refractivity contribution in [1.82, 2.24) is 0 Å². The molecule has 2 aromatic rings. The third kappa shape index (κ3) is 4.71. The van der Waals surface area contributed by atoms with E-state index < -0.39 is 20.0 Å². The number of hydrogen-bond acceptors (Lipinski definition) is 5. The van der Waals surface area contributed by atoms with E-state index in [1.165, 1.54) is 37.0 Å². The van der Waals surface area contributed by atoms with Gasteiger partial charge in [0.25, 0.3) is 0 Å². The van der Waals surface area contributed by atoms with Crippen molar-refractivity contribution in [3.05, 3.63) is 53.6 Å². The Hall–Kier alpha value is -1.86. The summed E-state index contributed by atoms with van der Waals surface area (Å²) in [6, 6.07) is 11.2. The highest BCUT2D eigenvalue weighted by atomic mass is 32.2. The van der Waals surface area contributed by atoms with E-state index in [9.17, 15) is 16.8 Å². The van der Waals surface area contributed by atoms with Gasteiger partial charge in [-0.1, -0.05) is 37.5 Å². The predicted octanol–water partition coefficient (Wildman–Crippen LogP) is 4.21. The molecule has 0 atom stereocenters. The first-order valence-electron chi connectivity index (χ1n) is 9.02. The molecule has 146 valence electrons. The SMILES string of the molecule is Cc1ccc(S(C)(=O)=O)cc1S(=O)(=O)Oc1ccc(C2CCCCC2)cc1. The molecule has 1 aliphatic carbocycles. The fourth-order valence-corrected chi connectivity index (χ4v) is 5.39. The molecule has 1 aliphatic rings. The minimum atomic E-state index is -4.13. The maximum absolute atomic E-state index is 12.7. The predicted molar refractivity (Wildman–Crippen MR) is 104 cm³/mol. The van der Waals surface area contributed by atoms with Gasteiger partial charge >= 0.3 is 10.1 Å². The average Bonchev–Trinajstić information content (AvgIpc) is 2.62. The van der Waals surface area contributed by atoms with E-state index in [1.807, 2.05) is 12.1 Å². The van der Waals surface area contributed by atoms with Crippen molar-refractivity contribution in [2.75, 3.05) is 6.26 Å². The Morgan fingerprint density at radius 2 is 1.52 bits per heavy atom. The Balaban J connectivity index is 1.84. The van der Waals surface area contributed by atoms with Gasteiger partial charge < -0.3 is 4.18 Å². The fourth-order valence-electron chi connectivity index (χ4n) is 3.48. The topological polar surface area (TPSA) is 77.5 Å². The number of aryl methyl sites for hydroxylation is 1. The minimum Gasteiger partial charge on any atom is -0.379 e. The van der Waals surface area contributed by atoms with Crippen LogP contribution >= 0.6 is 0 Å². The van der Waals surface area contributed by atoms with Gasteiger partial charge in [-0.3, -0.25) is 0 Å². The maximum Gasteiger partial charge on any atom is 0.339 e. The van der Waals surface area contributed by atoms with Gasteiger partial charge in [-0.05, 0) is 61.1 Å². The summed E-state index contributed by atoms with van der Waals surface area (Å²) in [5, 5.41) is 0. The van der Waals surface area contributed by atoms with Crippen LogP contribution in [0.5, 0.6) is 5.75 Å². The summed E-state index contributed by atoms with van der Waals surface area (Å²) in [5.41, 5.74) is 1.64. The lowest BCUT2D eigenvalue weighted by Gasteiger charge is -2.22. The molecule has 0 heterocycles. The summed E-state index contributed by atoms with van der Waals surface area (Å²) in [7, 11) is -7.64. The zero-order valence-corrected chi connectivity index (χ0v) is 17.1. The molecular weight excluding hydrogens is 384 g/mol. The molecule has 2 aromatic carbocycles. The lowest BCUT2D eigenvalue weighted by atomic mass is 9.84. The van der Waals surface area contributed by atoms with E-state index in [4.69, 9.17) is 4.18 Å². The summed E-state index contributed by atoms with van der Waals surface area (Å²) in [6.07, 6.45) is 7.10. The van der Waals surface area contributed by atoms with Crippen molar-refractivity contribution >= 4 is 20.0 Å². The van der Waals surface area contributed by atoms with Crippen LogP contribution in [-0.4, -0.2) is 23.1 Å². The first kappa shape index (κ1) is 19.9. The lowest BCUT2D eigenvalue weighted by molar-refractivity contribution is 0.443. The number of hydrogen-bond donors (Lipinski definition) is 0. The largest absolute Gasteiger partial charge is 0.379 e. The van der Waals surface area contributed by atoms with Gasteiger partial charge in [-0.25, -0.2) is 8.42 Å². The third-order valence-corrected chi connectivity index (χ3v) is 7.52. The fraction of sp³-hybridized carbons (Fsp3) is 0.400. The number of rotatable bonds is 5. The van der Waals surface area contributed by atoms with Gasteiger partial charge in [-0.15, -0.1) is 0 Å². The molecule has 0 aromatic heterocycles. The normalized spacial score (nSPS) is 16.2. The van der Waals surface area contributed by atoms with Crippen LogP contribution < -0.4 is 4.18 Å². The zero-order valence-electron chi connectivity index (χ0n) is 15.5. The van der Waals surface area contributed by atoms with Gasteiger partial charge in [0.05, 0.1) is 4.90 Å². The van der Waals surface area contributed by atoms with Crippen molar-refractivity contribution in [2.45, 2.75) is 54.7 Å². The van der Waals surface area contributed by atoms with E-state index >= 15 is 0 Å². The first-order chi connectivity index (χ1) is 12.7. The van der Waals surface area contributed by atoms with Crippen LogP contribution in [-0.2, 0) is 20.0 Å². The van der Waals surface area contributed by atoms with Crippen molar-refractivity contribution in [3.63, 3.8) is 0 Å². The Kier molecular flexibility index (Phi) is 5.63. The third-order valence-electron chi connectivity index (χ3n) is 5.02. The molecule has 0 bridgehead atoms. The van der Waals surface area contributed by atoms with Crippen molar-refractivity contribution in [1.29, 1.82) is 0 Å². The molecule has 0 spiro atoms. The minimum absolute atomic E-state index is 0.0529. The van der Waals surface area contributed by atoms with E-state index in [0.29, 0.717) is 11.5 Å². The van der Waals surface area contributed by atoms with Gasteiger partial charge in [0.2, 0.25) is 0 Å². The smallest absolute Gasteiger partial charge is 0.339 e. The van der Waals surface area contributed by atoms with Gasteiger partial charge in [-0.2, -0.15) is 8.42 Å². The van der Waals surface area contributed by atoms with Crippen LogP contribution in [0, 0.1) is 6.92 Å². The summed E-state index contributed by atoms with van der Waals surface area (Å²) in [4.78, 5) is -0.190. The second kappa shape index (κ2) is 7.64. The Morgan fingerprint density at radius 1 is 0.889 bits per heavy atom. The summed E-state index contributed by atoms with van der Waals surface area (Å²) in [6.45, 7) is 1.61. The number of sulfone groups is 1. The van der Waals surface area contributed by atoms with E-state index in [-0.39, 0.29) is 15.5 Å². The van der Waals surface area contributed by atoms with Crippen LogP contribution in [0.4, 0.5) is 0 Å². The van der Waals surface area contributed by atoms with E-state index in [0.717, 1.165) is 25.2 Å². The molecule has 5 nitrogen and oxygen atoms in total. The molecule has 1 fully saturated rings. The van der Waals surface area contributed by atoms with Gasteiger partial charge in [0.1, 0.15) is 10.6 Å².